The van der Waals surface area contributed by atoms with E-state index in [9.17, 15) is 5.02 Å². The Morgan fingerprint density at radius 2 is 2.38 bits per heavy atom. The van der Waals surface area contributed by atoms with Crippen molar-refractivity contribution in [3.8, 4) is 0 Å². The van der Waals surface area contributed by atoms with E-state index >= 15 is 0 Å². The molecule has 0 saturated heterocycles. The molecule has 0 fully saturated rings. The minimum absolute atomic E-state index is 0.513. The van der Waals surface area contributed by atoms with Crippen LogP contribution in [0.5, 0.6) is 0 Å². The first-order valence-electron chi connectivity index (χ1n) is 4.42. The van der Waals surface area contributed by atoms with Gasteiger partial charge in [-0.1, -0.05) is 18.2 Å². The third-order valence-electron chi connectivity index (χ3n) is 2.31. The van der Waals surface area contributed by atoms with E-state index in [1.165, 1.54) is 0 Å². The lowest BCUT2D eigenvalue weighted by atomic mass is 9.78. The van der Waals surface area contributed by atoms with Crippen LogP contribution in [0.2, 0.25) is 0 Å². The van der Waals surface area contributed by atoms with Crippen LogP contribution >= 0.6 is 0 Å². The molecule has 0 saturated carbocycles. The van der Waals surface area contributed by atoms with E-state index in [1.807, 2.05) is 18.2 Å². The Bertz CT molecular complexity index is 316. The SMILES string of the molecule is NCCc1ccc2c(c1)B(O)OC2. The molecule has 1 aliphatic heterocycles. The molecule has 3 nitrogen and oxygen atoms in total. The van der Waals surface area contributed by atoms with Gasteiger partial charge < -0.3 is 15.4 Å². The Kier molecular flexibility index (Phi) is 2.35. The average Bonchev–Trinajstić information content (AvgIpc) is 2.49. The van der Waals surface area contributed by atoms with Crippen molar-refractivity contribution in [2.75, 3.05) is 6.54 Å². The van der Waals surface area contributed by atoms with Crippen LogP contribution < -0.4 is 11.2 Å². The van der Waals surface area contributed by atoms with Crippen molar-refractivity contribution in [2.45, 2.75) is 13.0 Å². The molecule has 0 aromatic heterocycles. The monoisotopic (exact) mass is 177 g/mol. The summed E-state index contributed by atoms with van der Waals surface area (Å²) in [5.74, 6) is 0. The van der Waals surface area contributed by atoms with Crippen LogP contribution in [0.15, 0.2) is 18.2 Å². The fourth-order valence-electron chi connectivity index (χ4n) is 1.59. The van der Waals surface area contributed by atoms with Crippen LogP contribution in [-0.4, -0.2) is 18.7 Å². The van der Waals surface area contributed by atoms with Crippen molar-refractivity contribution in [1.29, 1.82) is 0 Å². The van der Waals surface area contributed by atoms with Crippen LogP contribution in [0.3, 0.4) is 0 Å². The number of nitrogens with two attached hydrogens (primary N) is 1. The number of rotatable bonds is 2. The summed E-state index contributed by atoms with van der Waals surface area (Å²) in [6.07, 6.45) is 0.847. The van der Waals surface area contributed by atoms with Crippen molar-refractivity contribution >= 4 is 12.6 Å². The Labute approximate surface area is 77.7 Å². The molecule has 0 spiro atoms. The van der Waals surface area contributed by atoms with Gasteiger partial charge in [-0.2, -0.15) is 0 Å². The molecule has 0 radical (unpaired) electrons. The lowest BCUT2D eigenvalue weighted by molar-refractivity contribution is 0.275. The number of hydrogen-bond donors (Lipinski definition) is 2. The summed E-state index contributed by atoms with van der Waals surface area (Å²) in [4.78, 5) is 0. The first kappa shape index (κ1) is 8.75. The van der Waals surface area contributed by atoms with Gasteiger partial charge in [-0.05, 0) is 29.6 Å². The van der Waals surface area contributed by atoms with Crippen molar-refractivity contribution in [3.63, 3.8) is 0 Å². The molecule has 0 aliphatic carbocycles. The molecule has 4 heteroatoms. The number of fused-ring (bicyclic) bond motifs is 1. The Balaban J connectivity index is 2.31. The van der Waals surface area contributed by atoms with Gasteiger partial charge in [-0.15, -0.1) is 0 Å². The maximum absolute atomic E-state index is 9.42. The largest absolute Gasteiger partial charge is 0.491 e. The lowest BCUT2D eigenvalue weighted by Gasteiger charge is -2.02. The van der Waals surface area contributed by atoms with Crippen molar-refractivity contribution in [2.24, 2.45) is 5.73 Å². The highest BCUT2D eigenvalue weighted by molar-refractivity contribution is 6.61. The summed E-state index contributed by atoms with van der Waals surface area (Å²) in [6.45, 7) is 1.15. The molecule has 0 bridgehead atoms. The van der Waals surface area contributed by atoms with Gasteiger partial charge in [0.05, 0.1) is 6.61 Å². The van der Waals surface area contributed by atoms with Gasteiger partial charge in [0.25, 0.3) is 0 Å². The maximum atomic E-state index is 9.42. The second kappa shape index (κ2) is 3.50. The Morgan fingerprint density at radius 1 is 1.54 bits per heavy atom. The van der Waals surface area contributed by atoms with E-state index < -0.39 is 7.12 Å². The summed E-state index contributed by atoms with van der Waals surface area (Å²) in [5.41, 5.74) is 8.58. The standard InChI is InChI=1S/C9H12BNO2/c11-4-3-7-1-2-8-6-13-10(12)9(8)5-7/h1-2,5,12H,3-4,6,11H2. The zero-order valence-corrected chi connectivity index (χ0v) is 7.36. The molecule has 13 heavy (non-hydrogen) atoms. The first-order chi connectivity index (χ1) is 6.31. The molecule has 0 unspecified atom stereocenters. The molecule has 1 aliphatic rings. The predicted octanol–water partition coefficient (Wildman–Crippen LogP) is -0.595. The third-order valence-corrected chi connectivity index (χ3v) is 2.31. The minimum Gasteiger partial charge on any atom is -0.423 e. The van der Waals surface area contributed by atoms with Gasteiger partial charge in [0, 0.05) is 0 Å². The quantitative estimate of drug-likeness (QED) is 0.593. The number of hydrogen-bond acceptors (Lipinski definition) is 3. The molecule has 0 amide bonds. The molecule has 1 aromatic carbocycles. The fraction of sp³-hybridized carbons (Fsp3) is 0.333. The molecular formula is C9H12BNO2. The van der Waals surface area contributed by atoms with Gasteiger partial charge >= 0.3 is 7.12 Å². The van der Waals surface area contributed by atoms with E-state index in [-0.39, 0.29) is 0 Å². The molecule has 1 heterocycles. The second-order valence-electron chi connectivity index (χ2n) is 3.24. The van der Waals surface area contributed by atoms with E-state index in [1.54, 1.807) is 0 Å². The normalized spacial score (nSPS) is 14.8. The zero-order valence-electron chi connectivity index (χ0n) is 7.36. The molecule has 68 valence electrons. The van der Waals surface area contributed by atoms with Crippen LogP contribution in [-0.2, 0) is 17.7 Å². The van der Waals surface area contributed by atoms with Gasteiger partial charge in [0.2, 0.25) is 0 Å². The summed E-state index contributed by atoms with van der Waals surface area (Å²) in [7, 11) is -0.743. The minimum atomic E-state index is -0.743. The predicted molar refractivity (Wildman–Crippen MR) is 51.6 cm³/mol. The molecule has 1 aromatic rings. The van der Waals surface area contributed by atoms with E-state index in [0.29, 0.717) is 13.2 Å². The van der Waals surface area contributed by atoms with Gasteiger partial charge in [0.1, 0.15) is 0 Å². The van der Waals surface area contributed by atoms with Crippen molar-refractivity contribution in [3.05, 3.63) is 29.3 Å². The molecule has 2 rings (SSSR count). The molecular weight excluding hydrogens is 165 g/mol. The smallest absolute Gasteiger partial charge is 0.423 e. The Hall–Kier alpha value is -0.835. The first-order valence-corrected chi connectivity index (χ1v) is 4.42. The summed E-state index contributed by atoms with van der Waals surface area (Å²) in [6, 6.07) is 6.00. The molecule has 3 N–H and O–H groups in total. The van der Waals surface area contributed by atoms with E-state index in [0.717, 1.165) is 23.0 Å². The third kappa shape index (κ3) is 1.61. The van der Waals surface area contributed by atoms with Gasteiger partial charge in [0.15, 0.2) is 0 Å². The van der Waals surface area contributed by atoms with E-state index in [4.69, 9.17) is 10.4 Å². The number of benzene rings is 1. The summed E-state index contributed by atoms with van der Waals surface area (Å²) < 4.78 is 5.08. The van der Waals surface area contributed by atoms with Crippen molar-refractivity contribution in [1.82, 2.24) is 0 Å². The average molecular weight is 177 g/mol. The highest BCUT2D eigenvalue weighted by atomic mass is 16.5. The van der Waals surface area contributed by atoms with Gasteiger partial charge in [-0.25, -0.2) is 0 Å². The van der Waals surface area contributed by atoms with Crippen LogP contribution in [0.4, 0.5) is 0 Å². The van der Waals surface area contributed by atoms with Crippen LogP contribution in [0.1, 0.15) is 11.1 Å². The highest BCUT2D eigenvalue weighted by Crippen LogP contribution is 2.11. The summed E-state index contributed by atoms with van der Waals surface area (Å²) >= 11 is 0. The van der Waals surface area contributed by atoms with Crippen LogP contribution in [0.25, 0.3) is 0 Å². The summed E-state index contributed by atoms with van der Waals surface area (Å²) in [5, 5.41) is 9.42. The Morgan fingerprint density at radius 3 is 3.15 bits per heavy atom. The van der Waals surface area contributed by atoms with Crippen molar-refractivity contribution < 1.29 is 9.68 Å². The van der Waals surface area contributed by atoms with Gasteiger partial charge in [-0.3, -0.25) is 0 Å². The second-order valence-corrected chi connectivity index (χ2v) is 3.24. The van der Waals surface area contributed by atoms with E-state index in [2.05, 4.69) is 0 Å². The van der Waals surface area contributed by atoms with Crippen LogP contribution in [0, 0.1) is 0 Å². The molecule has 0 atom stereocenters. The highest BCUT2D eigenvalue weighted by Gasteiger charge is 2.26. The zero-order chi connectivity index (χ0) is 9.26. The topological polar surface area (TPSA) is 55.5 Å². The maximum Gasteiger partial charge on any atom is 0.491 e. The lowest BCUT2D eigenvalue weighted by Crippen LogP contribution is -2.28. The fourth-order valence-corrected chi connectivity index (χ4v) is 1.59.